The van der Waals surface area contributed by atoms with E-state index < -0.39 is 98.9 Å². The molecule has 3 aromatic rings. The Kier molecular flexibility index (Phi) is 6.21. The van der Waals surface area contributed by atoms with Crippen LogP contribution in [0.3, 0.4) is 0 Å². The summed E-state index contributed by atoms with van der Waals surface area (Å²) in [5.41, 5.74) is -10.6. The van der Waals surface area contributed by atoms with Crippen LogP contribution in [0.2, 0.25) is 0 Å². The lowest BCUT2D eigenvalue weighted by Crippen LogP contribution is -2.15. The van der Waals surface area contributed by atoms with E-state index >= 15 is 0 Å². The predicted octanol–water partition coefficient (Wildman–Crippen LogP) is 7.02. The normalized spacial score (nSPS) is 12.1. The number of aromatic nitrogens is 2. The Morgan fingerprint density at radius 1 is 0.529 bits per heavy atom. The van der Waals surface area contributed by atoms with E-state index in [1.807, 2.05) is 0 Å². The van der Waals surface area contributed by atoms with E-state index in [2.05, 4.69) is 9.97 Å². The van der Waals surface area contributed by atoms with Gasteiger partial charge in [-0.15, -0.1) is 0 Å². The van der Waals surface area contributed by atoms with E-state index in [-0.39, 0.29) is 6.07 Å². The minimum Gasteiger partial charge on any atom is -0.224 e. The highest BCUT2D eigenvalue weighted by Gasteiger charge is 2.38. The summed E-state index contributed by atoms with van der Waals surface area (Å²) >= 11 is 0. The molecule has 0 unspecified atom stereocenters. The summed E-state index contributed by atoms with van der Waals surface area (Å²) in [6.07, 6.45) is -9.38. The number of hydrogen-bond donors (Lipinski definition) is 0. The molecule has 34 heavy (non-hydrogen) atoms. The van der Waals surface area contributed by atoms with Crippen LogP contribution in [-0.2, 0) is 6.18 Å². The molecule has 2 nitrogen and oxygen atoms in total. The predicted molar refractivity (Wildman–Crippen MR) is 82.5 cm³/mol. The molecule has 0 amide bonds. The van der Waals surface area contributed by atoms with Gasteiger partial charge in [-0.1, -0.05) is 0 Å². The van der Waals surface area contributed by atoms with E-state index in [0.717, 1.165) is 0 Å². The van der Waals surface area contributed by atoms with E-state index in [1.54, 1.807) is 0 Å². The van der Waals surface area contributed by atoms with Gasteiger partial charge < -0.3 is 0 Å². The van der Waals surface area contributed by atoms with Crippen molar-refractivity contribution in [1.82, 2.24) is 9.97 Å². The summed E-state index contributed by atoms with van der Waals surface area (Å²) in [7, 11) is 0. The highest BCUT2D eigenvalue weighted by atomic mass is 19.4. The first kappa shape index (κ1) is 25.2. The van der Waals surface area contributed by atoms with Gasteiger partial charge in [-0.25, -0.2) is 58.3 Å². The van der Waals surface area contributed by atoms with Crippen LogP contribution in [-0.4, -0.2) is 9.97 Å². The van der Waals surface area contributed by atoms with Crippen LogP contribution in [0.1, 0.15) is 17.9 Å². The zero-order chi connectivity index (χ0) is 25.9. The van der Waals surface area contributed by atoms with Gasteiger partial charge in [0.05, 0.1) is 22.4 Å². The van der Waals surface area contributed by atoms with Crippen molar-refractivity contribution in [3.8, 4) is 22.4 Å². The van der Waals surface area contributed by atoms with E-state index in [9.17, 15) is 61.5 Å². The molecule has 3 rings (SSSR count). The average molecular weight is 512 g/mol. The van der Waals surface area contributed by atoms with Crippen molar-refractivity contribution in [2.45, 2.75) is 12.6 Å². The summed E-state index contributed by atoms with van der Waals surface area (Å²) in [6, 6.07) is -0.168. The molecular weight excluding hydrogens is 510 g/mol. The third-order valence-electron chi connectivity index (χ3n) is 4.20. The second kappa shape index (κ2) is 8.39. The molecule has 0 spiro atoms. The summed E-state index contributed by atoms with van der Waals surface area (Å²) in [6.45, 7) is 0. The molecule has 0 bridgehead atoms. The largest absolute Gasteiger partial charge is 0.451 e. The lowest BCUT2D eigenvalue weighted by atomic mass is 9.97. The van der Waals surface area contributed by atoms with E-state index in [1.165, 1.54) is 0 Å². The smallest absolute Gasteiger partial charge is 0.224 e. The van der Waals surface area contributed by atoms with Crippen molar-refractivity contribution < 1.29 is 61.5 Å². The fraction of sp³-hybridized carbons (Fsp3) is 0.111. The number of nitrogens with zero attached hydrogens (tertiary/aromatic N) is 2. The molecule has 0 aliphatic rings. The zero-order valence-electron chi connectivity index (χ0n) is 15.3. The van der Waals surface area contributed by atoms with Crippen molar-refractivity contribution in [3.63, 3.8) is 0 Å². The quantitative estimate of drug-likeness (QED) is 0.214. The maximum atomic E-state index is 14.6. The van der Waals surface area contributed by atoms with Crippen LogP contribution in [0.25, 0.3) is 22.4 Å². The molecule has 1 aromatic heterocycles. The number of hydrogen-bond acceptors (Lipinski definition) is 2. The van der Waals surface area contributed by atoms with Gasteiger partial charge in [0.25, 0.3) is 6.43 Å². The third-order valence-corrected chi connectivity index (χ3v) is 4.20. The first-order chi connectivity index (χ1) is 15.6. The SMILES string of the molecule is Fc1c(F)c(F)c(-c2c(F)c(F)c(-c3cc(C(F)F)nc(C(F)(F)F)n3)c(F)c2F)c(F)c1F. The second-order valence-corrected chi connectivity index (χ2v) is 6.25. The molecular formula is C18H2F14N2. The van der Waals surface area contributed by atoms with E-state index in [4.69, 9.17) is 0 Å². The number of rotatable bonds is 3. The molecule has 0 saturated carbocycles. The van der Waals surface area contributed by atoms with Crippen LogP contribution < -0.4 is 0 Å². The molecule has 1 heterocycles. The average Bonchev–Trinajstić information content (AvgIpc) is 2.76. The lowest BCUT2D eigenvalue weighted by Gasteiger charge is -2.15. The van der Waals surface area contributed by atoms with Crippen molar-refractivity contribution in [2.24, 2.45) is 0 Å². The highest BCUT2D eigenvalue weighted by Crippen LogP contribution is 2.41. The third kappa shape index (κ3) is 3.90. The summed E-state index contributed by atoms with van der Waals surface area (Å²) in [4.78, 5) is 4.95. The van der Waals surface area contributed by atoms with Crippen molar-refractivity contribution in [3.05, 3.63) is 69.9 Å². The standard InChI is InChI=1S/C18H2F14N2/c19-7-4(2-1-3(16(28)29)34-17(33-2)18(30,31)32)8(20)10(22)5(9(7)21)6-11(23)13(25)15(27)14(26)12(6)24/h1,16H. The molecule has 16 heteroatoms. The van der Waals surface area contributed by atoms with Gasteiger partial charge in [0.2, 0.25) is 11.6 Å². The van der Waals surface area contributed by atoms with Gasteiger partial charge in [-0.05, 0) is 6.07 Å². The maximum absolute atomic E-state index is 14.6. The van der Waals surface area contributed by atoms with Gasteiger partial charge >= 0.3 is 6.18 Å². The first-order valence-electron chi connectivity index (χ1n) is 8.21. The van der Waals surface area contributed by atoms with Crippen LogP contribution in [0.5, 0.6) is 0 Å². The molecule has 0 fully saturated rings. The van der Waals surface area contributed by atoms with Crippen LogP contribution in [0, 0.1) is 52.4 Å². The molecule has 0 N–H and O–H groups in total. The lowest BCUT2D eigenvalue weighted by molar-refractivity contribution is -0.145. The summed E-state index contributed by atoms with van der Waals surface area (Å²) in [5.74, 6) is -27.6. The fourth-order valence-corrected chi connectivity index (χ4v) is 2.73. The van der Waals surface area contributed by atoms with Crippen LogP contribution in [0.4, 0.5) is 61.5 Å². The van der Waals surface area contributed by atoms with E-state index in [0.29, 0.717) is 0 Å². The monoisotopic (exact) mass is 512 g/mol. The highest BCUT2D eigenvalue weighted by molar-refractivity contribution is 5.73. The number of alkyl halides is 5. The van der Waals surface area contributed by atoms with Gasteiger partial charge in [0.1, 0.15) is 5.69 Å². The Bertz CT molecular complexity index is 1260. The van der Waals surface area contributed by atoms with Gasteiger partial charge in [0.15, 0.2) is 46.5 Å². The minimum absolute atomic E-state index is 0.168. The van der Waals surface area contributed by atoms with Crippen molar-refractivity contribution in [2.75, 3.05) is 0 Å². The Morgan fingerprint density at radius 3 is 1.26 bits per heavy atom. The fourth-order valence-electron chi connectivity index (χ4n) is 2.73. The summed E-state index contributed by atoms with van der Waals surface area (Å²) < 4.78 is 190. The molecule has 0 atom stereocenters. The topological polar surface area (TPSA) is 25.8 Å². The van der Waals surface area contributed by atoms with Crippen molar-refractivity contribution in [1.29, 1.82) is 0 Å². The van der Waals surface area contributed by atoms with Gasteiger partial charge in [-0.3, -0.25) is 0 Å². The first-order valence-corrected chi connectivity index (χ1v) is 8.21. The molecule has 0 radical (unpaired) electrons. The maximum Gasteiger partial charge on any atom is 0.451 e. The molecule has 182 valence electrons. The van der Waals surface area contributed by atoms with Crippen molar-refractivity contribution >= 4 is 0 Å². The zero-order valence-corrected chi connectivity index (χ0v) is 15.3. The second-order valence-electron chi connectivity index (χ2n) is 6.25. The molecule has 0 aliphatic heterocycles. The minimum atomic E-state index is -5.58. The molecule has 2 aromatic carbocycles. The van der Waals surface area contributed by atoms with Crippen LogP contribution in [0.15, 0.2) is 6.07 Å². The number of benzene rings is 2. The van der Waals surface area contributed by atoms with Crippen LogP contribution >= 0.6 is 0 Å². The number of halogens is 14. The van der Waals surface area contributed by atoms with Gasteiger partial charge in [0, 0.05) is 0 Å². The molecule has 0 aliphatic carbocycles. The Labute approximate surface area is 177 Å². The molecule has 0 saturated heterocycles. The Hall–Kier alpha value is -3.46. The van der Waals surface area contributed by atoms with Gasteiger partial charge in [-0.2, -0.15) is 13.2 Å². The Balaban J connectivity index is 2.42. The summed E-state index contributed by atoms with van der Waals surface area (Å²) in [5, 5.41) is 0. The Morgan fingerprint density at radius 2 is 0.882 bits per heavy atom.